The topological polar surface area (TPSA) is 49.4 Å². The number of aryl methyl sites for hydroxylation is 2. The second kappa shape index (κ2) is 9.18. The van der Waals surface area contributed by atoms with Gasteiger partial charge < -0.3 is 10.2 Å². The molecule has 4 nitrogen and oxygen atoms in total. The van der Waals surface area contributed by atoms with Gasteiger partial charge in [0.2, 0.25) is 5.91 Å². The molecule has 2 aromatic carbocycles. The van der Waals surface area contributed by atoms with E-state index in [-0.39, 0.29) is 17.9 Å². The van der Waals surface area contributed by atoms with Crippen LogP contribution in [0.15, 0.2) is 53.0 Å². The lowest BCUT2D eigenvalue weighted by atomic mass is 10.0. The average Bonchev–Trinajstić information content (AvgIpc) is 2.68. The summed E-state index contributed by atoms with van der Waals surface area (Å²) in [7, 11) is 0. The van der Waals surface area contributed by atoms with Crippen molar-refractivity contribution < 1.29 is 9.59 Å². The summed E-state index contributed by atoms with van der Waals surface area (Å²) in [6, 6.07) is 16.0. The van der Waals surface area contributed by atoms with Crippen LogP contribution in [0.3, 0.4) is 0 Å². The zero-order chi connectivity index (χ0) is 19.2. The van der Waals surface area contributed by atoms with Gasteiger partial charge in [-0.15, -0.1) is 0 Å². The quantitative estimate of drug-likeness (QED) is 0.778. The van der Waals surface area contributed by atoms with Crippen LogP contribution < -0.4 is 5.32 Å². The molecule has 0 aromatic heterocycles. The molecule has 0 saturated carbocycles. The van der Waals surface area contributed by atoms with Crippen LogP contribution in [-0.2, 0) is 11.2 Å². The highest BCUT2D eigenvalue weighted by atomic mass is 79.9. The van der Waals surface area contributed by atoms with Gasteiger partial charge in [0, 0.05) is 30.0 Å². The summed E-state index contributed by atoms with van der Waals surface area (Å²) in [5, 5.41) is 3.12. The molecule has 1 aliphatic rings. The minimum absolute atomic E-state index is 0.0478. The maximum absolute atomic E-state index is 12.6. The van der Waals surface area contributed by atoms with Gasteiger partial charge in [-0.3, -0.25) is 9.59 Å². The van der Waals surface area contributed by atoms with E-state index < -0.39 is 0 Å². The van der Waals surface area contributed by atoms with Crippen molar-refractivity contribution in [2.45, 2.75) is 38.6 Å². The number of amides is 2. The standard InChI is InChI=1S/C22H25BrN2O2/c1-16-6-8-17(9-7-16)10-11-21(26)24-18-12-14-25(15-13-18)22(27)19-4-2-3-5-20(19)23/h2-9,18H,10-15H2,1H3,(H,24,26). The van der Waals surface area contributed by atoms with Crippen LogP contribution in [0.25, 0.3) is 0 Å². The highest BCUT2D eigenvalue weighted by Gasteiger charge is 2.25. The molecule has 0 atom stereocenters. The second-order valence-electron chi connectivity index (χ2n) is 7.10. The second-order valence-corrected chi connectivity index (χ2v) is 7.95. The number of rotatable bonds is 5. The predicted octanol–water partition coefficient (Wildman–Crippen LogP) is 4.11. The summed E-state index contributed by atoms with van der Waals surface area (Å²) in [4.78, 5) is 26.7. The molecule has 3 rings (SSSR count). The Bertz CT molecular complexity index is 796. The summed E-state index contributed by atoms with van der Waals surface area (Å²) >= 11 is 3.44. The minimum Gasteiger partial charge on any atom is -0.353 e. The molecule has 2 amide bonds. The molecule has 1 aliphatic heterocycles. The molecule has 0 radical (unpaired) electrons. The molecule has 5 heteroatoms. The van der Waals surface area contributed by atoms with Crippen molar-refractivity contribution in [3.63, 3.8) is 0 Å². The van der Waals surface area contributed by atoms with Crippen LogP contribution in [0.1, 0.15) is 40.7 Å². The van der Waals surface area contributed by atoms with Crippen molar-refractivity contribution in [3.8, 4) is 0 Å². The van der Waals surface area contributed by atoms with Gasteiger partial charge >= 0.3 is 0 Å². The molecule has 0 aliphatic carbocycles. The molecule has 27 heavy (non-hydrogen) atoms. The normalized spacial score (nSPS) is 14.8. The Labute approximate surface area is 169 Å². The molecule has 0 spiro atoms. The lowest BCUT2D eigenvalue weighted by Crippen LogP contribution is -2.46. The summed E-state index contributed by atoms with van der Waals surface area (Å²) < 4.78 is 0.821. The molecule has 1 saturated heterocycles. The highest BCUT2D eigenvalue weighted by Crippen LogP contribution is 2.20. The Kier molecular flexibility index (Phi) is 6.67. The van der Waals surface area contributed by atoms with Gasteiger partial charge in [-0.05, 0) is 59.8 Å². The third-order valence-corrected chi connectivity index (χ3v) is 5.70. The van der Waals surface area contributed by atoms with Gasteiger partial charge in [-0.25, -0.2) is 0 Å². The fraction of sp³-hybridized carbons (Fsp3) is 0.364. The minimum atomic E-state index is 0.0478. The van der Waals surface area contributed by atoms with E-state index in [1.807, 2.05) is 29.2 Å². The van der Waals surface area contributed by atoms with Crippen LogP contribution >= 0.6 is 15.9 Å². The first kappa shape index (κ1) is 19.6. The monoisotopic (exact) mass is 428 g/mol. The lowest BCUT2D eigenvalue weighted by molar-refractivity contribution is -0.122. The van der Waals surface area contributed by atoms with E-state index in [9.17, 15) is 9.59 Å². The van der Waals surface area contributed by atoms with Crippen molar-refractivity contribution in [2.24, 2.45) is 0 Å². The van der Waals surface area contributed by atoms with Crippen LogP contribution in [0.4, 0.5) is 0 Å². The van der Waals surface area contributed by atoms with Crippen LogP contribution in [0.2, 0.25) is 0 Å². The first-order chi connectivity index (χ1) is 13.0. The Morgan fingerprint density at radius 1 is 1.07 bits per heavy atom. The predicted molar refractivity (Wildman–Crippen MR) is 111 cm³/mol. The number of benzene rings is 2. The third-order valence-electron chi connectivity index (χ3n) is 5.01. The van der Waals surface area contributed by atoms with E-state index in [0.717, 1.165) is 23.7 Å². The van der Waals surface area contributed by atoms with Gasteiger partial charge in [0.1, 0.15) is 0 Å². The molecule has 2 aromatic rings. The van der Waals surface area contributed by atoms with Crippen LogP contribution in [0, 0.1) is 6.92 Å². The van der Waals surface area contributed by atoms with E-state index in [1.54, 1.807) is 0 Å². The van der Waals surface area contributed by atoms with E-state index >= 15 is 0 Å². The molecule has 0 unspecified atom stereocenters. The Morgan fingerprint density at radius 3 is 2.41 bits per heavy atom. The fourth-order valence-electron chi connectivity index (χ4n) is 3.34. The maximum atomic E-state index is 12.6. The maximum Gasteiger partial charge on any atom is 0.254 e. The first-order valence-corrected chi connectivity index (χ1v) is 10.2. The molecule has 0 bridgehead atoms. The number of carbonyl (C=O) groups excluding carboxylic acids is 2. The smallest absolute Gasteiger partial charge is 0.254 e. The lowest BCUT2D eigenvalue weighted by Gasteiger charge is -2.32. The van der Waals surface area contributed by atoms with E-state index in [2.05, 4.69) is 52.4 Å². The number of piperidine rings is 1. The largest absolute Gasteiger partial charge is 0.353 e. The molecule has 1 fully saturated rings. The number of carbonyl (C=O) groups is 2. The van der Waals surface area contributed by atoms with Crippen molar-refractivity contribution in [1.29, 1.82) is 0 Å². The van der Waals surface area contributed by atoms with Gasteiger partial charge in [0.05, 0.1) is 5.56 Å². The molecular weight excluding hydrogens is 404 g/mol. The zero-order valence-corrected chi connectivity index (χ0v) is 17.2. The van der Waals surface area contributed by atoms with Crippen molar-refractivity contribution in [2.75, 3.05) is 13.1 Å². The summed E-state index contributed by atoms with van der Waals surface area (Å²) in [5.74, 6) is 0.137. The Balaban J connectivity index is 1.43. The van der Waals surface area contributed by atoms with Gasteiger partial charge in [0.25, 0.3) is 5.91 Å². The SMILES string of the molecule is Cc1ccc(CCC(=O)NC2CCN(C(=O)c3ccccc3Br)CC2)cc1. The Morgan fingerprint density at radius 2 is 1.74 bits per heavy atom. The van der Waals surface area contributed by atoms with E-state index in [0.29, 0.717) is 25.1 Å². The summed E-state index contributed by atoms with van der Waals surface area (Å²) in [6.45, 7) is 3.40. The number of hydrogen-bond donors (Lipinski definition) is 1. The Hall–Kier alpha value is -2.14. The third kappa shape index (κ3) is 5.42. The fourth-order valence-corrected chi connectivity index (χ4v) is 3.80. The van der Waals surface area contributed by atoms with Crippen LogP contribution in [-0.4, -0.2) is 35.8 Å². The molecule has 1 heterocycles. The summed E-state index contributed by atoms with van der Waals surface area (Å²) in [6.07, 6.45) is 2.85. The van der Waals surface area contributed by atoms with Gasteiger partial charge in [-0.2, -0.15) is 0 Å². The average molecular weight is 429 g/mol. The molecular formula is C22H25BrN2O2. The number of nitrogens with one attached hydrogen (secondary N) is 1. The van der Waals surface area contributed by atoms with Crippen molar-refractivity contribution in [1.82, 2.24) is 10.2 Å². The van der Waals surface area contributed by atoms with Crippen LogP contribution in [0.5, 0.6) is 0 Å². The van der Waals surface area contributed by atoms with Crippen molar-refractivity contribution >= 4 is 27.7 Å². The summed E-state index contributed by atoms with van der Waals surface area (Å²) in [5.41, 5.74) is 3.11. The van der Waals surface area contributed by atoms with Crippen molar-refractivity contribution in [3.05, 3.63) is 69.7 Å². The number of nitrogens with zero attached hydrogens (tertiary/aromatic N) is 1. The van der Waals surface area contributed by atoms with Gasteiger partial charge in [0.15, 0.2) is 0 Å². The molecule has 142 valence electrons. The van der Waals surface area contributed by atoms with E-state index in [4.69, 9.17) is 0 Å². The van der Waals surface area contributed by atoms with Gasteiger partial charge in [-0.1, -0.05) is 42.0 Å². The number of hydrogen-bond acceptors (Lipinski definition) is 2. The molecule has 1 N–H and O–H groups in total. The highest BCUT2D eigenvalue weighted by molar-refractivity contribution is 9.10. The zero-order valence-electron chi connectivity index (χ0n) is 15.6. The van der Waals surface area contributed by atoms with E-state index in [1.165, 1.54) is 11.1 Å². The first-order valence-electron chi connectivity index (χ1n) is 9.41. The number of halogens is 1. The number of likely N-dealkylation sites (tertiary alicyclic amines) is 1.